The normalized spacial score (nSPS) is 15.3. The molecule has 1 heterocycles. The first-order valence-corrected chi connectivity index (χ1v) is 8.68. The van der Waals surface area contributed by atoms with Crippen molar-refractivity contribution in [2.75, 3.05) is 17.2 Å². The van der Waals surface area contributed by atoms with Gasteiger partial charge >= 0.3 is 0 Å². The fourth-order valence-corrected chi connectivity index (χ4v) is 2.73. The molecule has 1 atom stereocenters. The van der Waals surface area contributed by atoms with Gasteiger partial charge in [0, 0.05) is 29.0 Å². The molecule has 1 aliphatic carbocycles. The van der Waals surface area contributed by atoms with Crippen LogP contribution in [0.1, 0.15) is 36.9 Å². The maximum Gasteiger partial charge on any atom is 0.225 e. The molecule has 2 aromatic rings. The molecule has 0 aliphatic heterocycles. The molecule has 0 saturated heterocycles. The Kier molecular flexibility index (Phi) is 5.13. The first-order chi connectivity index (χ1) is 11.2. The van der Waals surface area contributed by atoms with Gasteiger partial charge in [-0.1, -0.05) is 34.1 Å². The summed E-state index contributed by atoms with van der Waals surface area (Å²) in [6.45, 7) is 2.65. The van der Waals surface area contributed by atoms with Crippen LogP contribution in [0.15, 0.2) is 34.8 Å². The molecule has 23 heavy (non-hydrogen) atoms. The van der Waals surface area contributed by atoms with Crippen LogP contribution in [0.25, 0.3) is 0 Å². The van der Waals surface area contributed by atoms with Gasteiger partial charge in [0.15, 0.2) is 0 Å². The van der Waals surface area contributed by atoms with Crippen LogP contribution in [0.5, 0.6) is 0 Å². The number of aromatic nitrogens is 2. The lowest BCUT2D eigenvalue weighted by atomic mass is 10.2. The van der Waals surface area contributed by atoms with E-state index in [1.54, 1.807) is 0 Å². The zero-order valence-corrected chi connectivity index (χ0v) is 14.7. The smallest absolute Gasteiger partial charge is 0.225 e. The summed E-state index contributed by atoms with van der Waals surface area (Å²) in [5, 5.41) is 15.7. The van der Waals surface area contributed by atoms with E-state index in [1.165, 1.54) is 18.4 Å². The third-order valence-corrected chi connectivity index (χ3v) is 4.58. The zero-order valence-electron chi connectivity index (χ0n) is 13.1. The summed E-state index contributed by atoms with van der Waals surface area (Å²) in [5.74, 6) is 1.93. The van der Waals surface area contributed by atoms with Crippen molar-refractivity contribution in [3.05, 3.63) is 46.1 Å². The third kappa shape index (κ3) is 4.42. The van der Waals surface area contributed by atoms with E-state index in [2.05, 4.69) is 42.6 Å². The highest BCUT2D eigenvalue weighted by molar-refractivity contribution is 9.10. The van der Waals surface area contributed by atoms with Crippen molar-refractivity contribution in [3.63, 3.8) is 0 Å². The van der Waals surface area contributed by atoms with Crippen LogP contribution < -0.4 is 10.6 Å². The Morgan fingerprint density at radius 3 is 2.78 bits per heavy atom. The largest absolute Gasteiger partial charge is 0.394 e. The first kappa shape index (κ1) is 16.2. The molecule has 5 nitrogen and oxygen atoms in total. The summed E-state index contributed by atoms with van der Waals surface area (Å²) in [6.07, 6.45) is 2.38. The van der Waals surface area contributed by atoms with Crippen molar-refractivity contribution in [3.8, 4) is 0 Å². The minimum absolute atomic E-state index is 0.0523. The molecule has 0 radical (unpaired) electrons. The van der Waals surface area contributed by atoms with Gasteiger partial charge in [-0.25, -0.2) is 4.98 Å². The van der Waals surface area contributed by atoms with Crippen molar-refractivity contribution >= 4 is 27.7 Å². The molecule has 122 valence electrons. The van der Waals surface area contributed by atoms with E-state index in [4.69, 9.17) is 0 Å². The van der Waals surface area contributed by atoms with Crippen LogP contribution in [0.4, 0.5) is 11.8 Å². The average Bonchev–Trinajstić information content (AvgIpc) is 3.39. The number of anilines is 2. The van der Waals surface area contributed by atoms with Gasteiger partial charge < -0.3 is 15.7 Å². The third-order valence-electron chi connectivity index (χ3n) is 3.81. The molecule has 0 amide bonds. The molecule has 1 aromatic heterocycles. The molecule has 0 bridgehead atoms. The lowest BCUT2D eigenvalue weighted by molar-refractivity contribution is 0.281. The highest BCUT2D eigenvalue weighted by Crippen LogP contribution is 2.40. The molecule has 1 saturated carbocycles. The van der Waals surface area contributed by atoms with Crippen LogP contribution in [0, 0.1) is 0 Å². The van der Waals surface area contributed by atoms with Gasteiger partial charge in [0.05, 0.1) is 12.3 Å². The van der Waals surface area contributed by atoms with Crippen molar-refractivity contribution in [2.24, 2.45) is 0 Å². The monoisotopic (exact) mass is 376 g/mol. The first-order valence-electron chi connectivity index (χ1n) is 7.89. The molecular formula is C17H21BrN4O. The Balaban J connectivity index is 1.76. The van der Waals surface area contributed by atoms with Gasteiger partial charge in [0.25, 0.3) is 0 Å². The lowest BCUT2D eigenvalue weighted by Gasteiger charge is -2.14. The topological polar surface area (TPSA) is 70.1 Å². The number of nitrogens with zero attached hydrogens (tertiary/aromatic N) is 2. The van der Waals surface area contributed by atoms with Crippen LogP contribution >= 0.6 is 15.9 Å². The quantitative estimate of drug-likeness (QED) is 0.689. The number of benzene rings is 1. The maximum absolute atomic E-state index is 9.20. The van der Waals surface area contributed by atoms with Crippen molar-refractivity contribution in [1.29, 1.82) is 0 Å². The maximum atomic E-state index is 9.20. The second kappa shape index (κ2) is 7.27. The molecule has 1 fully saturated rings. The summed E-state index contributed by atoms with van der Waals surface area (Å²) in [5.41, 5.74) is 2.25. The number of halogens is 1. The van der Waals surface area contributed by atoms with Crippen molar-refractivity contribution in [1.82, 2.24) is 9.97 Å². The van der Waals surface area contributed by atoms with Crippen LogP contribution in [-0.4, -0.2) is 27.7 Å². The van der Waals surface area contributed by atoms with Gasteiger partial charge in [0.2, 0.25) is 5.95 Å². The van der Waals surface area contributed by atoms with Crippen LogP contribution in [0.3, 0.4) is 0 Å². The fraction of sp³-hybridized carbons (Fsp3) is 0.412. The van der Waals surface area contributed by atoms with Gasteiger partial charge in [0.1, 0.15) is 5.82 Å². The van der Waals surface area contributed by atoms with Gasteiger partial charge in [-0.3, -0.25) is 0 Å². The molecule has 6 heteroatoms. The number of aliphatic hydroxyl groups excluding tert-OH is 1. The van der Waals surface area contributed by atoms with E-state index < -0.39 is 0 Å². The summed E-state index contributed by atoms with van der Waals surface area (Å²) in [7, 11) is 0. The lowest BCUT2D eigenvalue weighted by Crippen LogP contribution is -2.21. The average molecular weight is 377 g/mol. The summed E-state index contributed by atoms with van der Waals surface area (Å²) in [4.78, 5) is 9.09. The van der Waals surface area contributed by atoms with E-state index in [-0.39, 0.29) is 12.6 Å². The summed E-state index contributed by atoms with van der Waals surface area (Å²) < 4.78 is 1.08. The Morgan fingerprint density at radius 1 is 1.30 bits per heavy atom. The molecular weight excluding hydrogens is 356 g/mol. The number of rotatable bonds is 7. The van der Waals surface area contributed by atoms with Gasteiger partial charge in [-0.15, -0.1) is 0 Å². The zero-order chi connectivity index (χ0) is 16.2. The predicted molar refractivity (Wildman–Crippen MR) is 95.6 cm³/mol. The summed E-state index contributed by atoms with van der Waals surface area (Å²) in [6, 6.07) is 10.1. The van der Waals surface area contributed by atoms with E-state index in [0.29, 0.717) is 18.4 Å². The van der Waals surface area contributed by atoms with E-state index in [9.17, 15) is 5.11 Å². The molecule has 3 N–H and O–H groups in total. The Hall–Kier alpha value is -1.66. The SMILES string of the molecule is C[C@H](CO)Nc1nc(NCc2ccccc2Br)cc(C2CC2)n1. The summed E-state index contributed by atoms with van der Waals surface area (Å²) >= 11 is 3.56. The van der Waals surface area contributed by atoms with Crippen LogP contribution in [-0.2, 0) is 6.54 Å². The van der Waals surface area contributed by atoms with Gasteiger partial charge in [-0.2, -0.15) is 4.98 Å². The predicted octanol–water partition coefficient (Wildman–Crippen LogP) is 3.52. The minimum Gasteiger partial charge on any atom is -0.394 e. The second-order valence-electron chi connectivity index (χ2n) is 5.95. The number of nitrogens with one attached hydrogen (secondary N) is 2. The van der Waals surface area contributed by atoms with E-state index >= 15 is 0 Å². The Morgan fingerprint density at radius 2 is 2.09 bits per heavy atom. The molecule has 1 aromatic carbocycles. The van der Waals surface area contributed by atoms with Gasteiger partial charge in [-0.05, 0) is 31.4 Å². The standard InChI is InChI=1S/C17H21BrN4O/c1-11(10-23)20-17-21-15(12-6-7-12)8-16(22-17)19-9-13-4-2-3-5-14(13)18/h2-5,8,11-12,23H,6-7,9-10H2,1H3,(H2,19,20,21,22)/t11-/m1/s1. The molecule has 1 aliphatic rings. The number of hydrogen-bond donors (Lipinski definition) is 3. The molecule has 0 unspecified atom stereocenters. The molecule has 3 rings (SSSR count). The van der Waals surface area contributed by atoms with E-state index in [1.807, 2.05) is 31.2 Å². The minimum atomic E-state index is -0.0689. The number of hydrogen-bond acceptors (Lipinski definition) is 5. The van der Waals surface area contributed by atoms with Crippen LogP contribution in [0.2, 0.25) is 0 Å². The number of aliphatic hydroxyl groups is 1. The highest BCUT2D eigenvalue weighted by Gasteiger charge is 2.26. The van der Waals surface area contributed by atoms with Crippen molar-refractivity contribution in [2.45, 2.75) is 38.3 Å². The van der Waals surface area contributed by atoms with E-state index in [0.717, 1.165) is 16.0 Å². The van der Waals surface area contributed by atoms with Crippen molar-refractivity contribution < 1.29 is 5.11 Å². The second-order valence-corrected chi connectivity index (χ2v) is 6.80. The molecule has 0 spiro atoms. The highest BCUT2D eigenvalue weighted by atomic mass is 79.9. The Bertz CT molecular complexity index is 675. The fourth-order valence-electron chi connectivity index (χ4n) is 2.30. The Labute approximate surface area is 144 Å².